The molecule has 0 aliphatic heterocycles. The molecule has 0 bridgehead atoms. The highest BCUT2D eigenvalue weighted by molar-refractivity contribution is 5.85. The van der Waals surface area contributed by atoms with Crippen LogP contribution in [-0.2, 0) is 11.3 Å². The molecule has 0 spiro atoms. The SMILES string of the molecule is CCCC(C)(N)C(=O)NCc1ccc(Oc2cccc(OC)c2)nc1. The Bertz CT molecular complexity index is 699. The summed E-state index contributed by atoms with van der Waals surface area (Å²) in [6, 6.07) is 10.9. The lowest BCUT2D eigenvalue weighted by Gasteiger charge is -2.22. The number of hydrogen-bond acceptors (Lipinski definition) is 5. The Morgan fingerprint density at radius 3 is 2.68 bits per heavy atom. The van der Waals surface area contributed by atoms with Crippen molar-refractivity contribution >= 4 is 5.91 Å². The predicted molar refractivity (Wildman–Crippen MR) is 96.7 cm³/mol. The minimum atomic E-state index is -0.850. The fraction of sp³-hybridized carbons (Fsp3) is 0.368. The summed E-state index contributed by atoms with van der Waals surface area (Å²) in [6.45, 7) is 4.13. The molecule has 25 heavy (non-hydrogen) atoms. The van der Waals surface area contributed by atoms with Gasteiger partial charge in [0, 0.05) is 24.9 Å². The molecule has 1 aromatic carbocycles. The van der Waals surface area contributed by atoms with Crippen molar-refractivity contribution < 1.29 is 14.3 Å². The first-order chi connectivity index (χ1) is 11.9. The quantitative estimate of drug-likeness (QED) is 0.769. The molecule has 3 N–H and O–H groups in total. The number of carbonyl (C=O) groups is 1. The van der Waals surface area contributed by atoms with Crippen LogP contribution in [0.15, 0.2) is 42.6 Å². The van der Waals surface area contributed by atoms with E-state index < -0.39 is 5.54 Å². The number of nitrogens with one attached hydrogen (secondary N) is 1. The van der Waals surface area contributed by atoms with E-state index in [-0.39, 0.29) is 5.91 Å². The van der Waals surface area contributed by atoms with E-state index >= 15 is 0 Å². The van der Waals surface area contributed by atoms with Crippen molar-refractivity contribution in [2.75, 3.05) is 7.11 Å². The Balaban J connectivity index is 1.92. The summed E-state index contributed by atoms with van der Waals surface area (Å²) in [7, 11) is 1.60. The number of rotatable bonds is 8. The Kier molecular flexibility index (Phi) is 6.36. The van der Waals surface area contributed by atoms with Crippen LogP contribution in [0.5, 0.6) is 17.4 Å². The second-order valence-corrected chi connectivity index (χ2v) is 6.14. The Morgan fingerprint density at radius 1 is 1.28 bits per heavy atom. The zero-order chi connectivity index (χ0) is 18.3. The van der Waals surface area contributed by atoms with Crippen LogP contribution in [0.4, 0.5) is 0 Å². The summed E-state index contributed by atoms with van der Waals surface area (Å²) in [6.07, 6.45) is 3.17. The van der Waals surface area contributed by atoms with Crippen molar-refractivity contribution in [2.45, 2.75) is 38.8 Å². The average molecular weight is 343 g/mol. The predicted octanol–water partition coefficient (Wildman–Crippen LogP) is 3.02. The van der Waals surface area contributed by atoms with E-state index in [1.807, 2.05) is 31.2 Å². The molecule has 0 radical (unpaired) electrons. The van der Waals surface area contributed by atoms with E-state index in [1.165, 1.54) is 0 Å². The summed E-state index contributed by atoms with van der Waals surface area (Å²) in [4.78, 5) is 16.4. The van der Waals surface area contributed by atoms with Crippen molar-refractivity contribution in [2.24, 2.45) is 5.73 Å². The minimum Gasteiger partial charge on any atom is -0.497 e. The summed E-state index contributed by atoms with van der Waals surface area (Å²) in [5, 5.41) is 2.85. The molecule has 0 aliphatic rings. The van der Waals surface area contributed by atoms with Crippen molar-refractivity contribution in [3.8, 4) is 17.4 Å². The second kappa shape index (κ2) is 8.48. The fourth-order valence-electron chi connectivity index (χ4n) is 2.38. The molecule has 0 aliphatic carbocycles. The number of nitrogens with two attached hydrogens (primary N) is 1. The number of hydrogen-bond donors (Lipinski definition) is 2. The van der Waals surface area contributed by atoms with Crippen molar-refractivity contribution in [1.82, 2.24) is 10.3 Å². The van der Waals surface area contributed by atoms with Gasteiger partial charge in [-0.3, -0.25) is 4.79 Å². The van der Waals surface area contributed by atoms with E-state index in [1.54, 1.807) is 32.4 Å². The van der Waals surface area contributed by atoms with Crippen LogP contribution in [-0.4, -0.2) is 23.5 Å². The number of ether oxygens (including phenoxy) is 2. The lowest BCUT2D eigenvalue weighted by atomic mass is 9.96. The molecule has 0 fully saturated rings. The summed E-state index contributed by atoms with van der Waals surface area (Å²) < 4.78 is 10.8. The molecule has 1 heterocycles. The number of nitrogens with zero attached hydrogens (tertiary/aromatic N) is 1. The molecule has 2 aromatic rings. The molecule has 1 unspecified atom stereocenters. The number of aromatic nitrogens is 1. The van der Waals surface area contributed by atoms with Gasteiger partial charge in [-0.15, -0.1) is 0 Å². The minimum absolute atomic E-state index is 0.161. The highest BCUT2D eigenvalue weighted by Crippen LogP contribution is 2.23. The summed E-state index contributed by atoms with van der Waals surface area (Å²) in [5.74, 6) is 1.67. The number of carbonyl (C=O) groups excluding carboxylic acids is 1. The topological polar surface area (TPSA) is 86.5 Å². The highest BCUT2D eigenvalue weighted by Gasteiger charge is 2.26. The molecule has 0 saturated heterocycles. The molecular weight excluding hydrogens is 318 g/mol. The van der Waals surface area contributed by atoms with E-state index in [2.05, 4.69) is 10.3 Å². The lowest BCUT2D eigenvalue weighted by Crippen LogP contribution is -2.51. The molecule has 1 amide bonds. The third-order valence-electron chi connectivity index (χ3n) is 3.80. The molecule has 6 nitrogen and oxygen atoms in total. The molecule has 2 rings (SSSR count). The van der Waals surface area contributed by atoms with Crippen LogP contribution >= 0.6 is 0 Å². The largest absolute Gasteiger partial charge is 0.497 e. The van der Waals surface area contributed by atoms with E-state index in [4.69, 9.17) is 15.2 Å². The molecule has 0 saturated carbocycles. The maximum absolute atomic E-state index is 12.1. The van der Waals surface area contributed by atoms with Gasteiger partial charge in [-0.05, 0) is 31.0 Å². The zero-order valence-corrected chi connectivity index (χ0v) is 14.9. The third kappa shape index (κ3) is 5.46. The molecule has 6 heteroatoms. The van der Waals surface area contributed by atoms with Gasteiger partial charge in [0.25, 0.3) is 0 Å². The summed E-state index contributed by atoms with van der Waals surface area (Å²) in [5.41, 5.74) is 6.03. The molecule has 134 valence electrons. The van der Waals surface area contributed by atoms with E-state index in [0.29, 0.717) is 30.3 Å². The first kappa shape index (κ1) is 18.7. The summed E-state index contributed by atoms with van der Waals surface area (Å²) >= 11 is 0. The maximum Gasteiger partial charge on any atom is 0.240 e. The molecule has 1 aromatic heterocycles. The smallest absolute Gasteiger partial charge is 0.240 e. The van der Waals surface area contributed by atoms with Gasteiger partial charge in [-0.25, -0.2) is 4.98 Å². The maximum atomic E-state index is 12.1. The lowest BCUT2D eigenvalue weighted by molar-refractivity contribution is -0.126. The highest BCUT2D eigenvalue weighted by atomic mass is 16.5. The van der Waals surface area contributed by atoms with Crippen molar-refractivity contribution in [3.63, 3.8) is 0 Å². The first-order valence-corrected chi connectivity index (χ1v) is 8.28. The van der Waals surface area contributed by atoms with E-state index in [9.17, 15) is 4.79 Å². The van der Waals surface area contributed by atoms with Crippen LogP contribution in [0.3, 0.4) is 0 Å². The van der Waals surface area contributed by atoms with Gasteiger partial charge in [0.2, 0.25) is 11.8 Å². The number of benzene rings is 1. The van der Waals surface area contributed by atoms with Gasteiger partial charge in [0.1, 0.15) is 11.5 Å². The van der Waals surface area contributed by atoms with E-state index in [0.717, 1.165) is 12.0 Å². The van der Waals surface area contributed by atoms with Gasteiger partial charge in [-0.2, -0.15) is 0 Å². The van der Waals surface area contributed by atoms with Gasteiger partial charge >= 0.3 is 0 Å². The number of amides is 1. The monoisotopic (exact) mass is 343 g/mol. The van der Waals surface area contributed by atoms with Gasteiger partial charge < -0.3 is 20.5 Å². The van der Waals surface area contributed by atoms with Gasteiger partial charge in [0.05, 0.1) is 12.6 Å². The average Bonchev–Trinajstić information content (AvgIpc) is 2.61. The van der Waals surface area contributed by atoms with Crippen LogP contribution < -0.4 is 20.5 Å². The van der Waals surface area contributed by atoms with Crippen LogP contribution in [0.2, 0.25) is 0 Å². The standard InChI is InChI=1S/C19H25N3O3/c1-4-10-19(2,20)18(23)22-13-14-8-9-17(21-12-14)25-16-7-5-6-15(11-16)24-3/h5-9,11-12H,4,10,13,20H2,1-3H3,(H,22,23). The number of pyridine rings is 1. The Labute approximate surface area is 148 Å². The zero-order valence-electron chi connectivity index (χ0n) is 14.9. The van der Waals surface area contributed by atoms with Crippen molar-refractivity contribution in [3.05, 3.63) is 48.2 Å². The van der Waals surface area contributed by atoms with Crippen LogP contribution in [0.1, 0.15) is 32.3 Å². The number of methoxy groups -OCH3 is 1. The molecular formula is C19H25N3O3. The Hall–Kier alpha value is -2.60. The normalized spacial score (nSPS) is 13.0. The van der Waals surface area contributed by atoms with Crippen LogP contribution in [0, 0.1) is 0 Å². The van der Waals surface area contributed by atoms with Gasteiger partial charge in [-0.1, -0.05) is 25.5 Å². The fourth-order valence-corrected chi connectivity index (χ4v) is 2.38. The molecule has 1 atom stereocenters. The van der Waals surface area contributed by atoms with Crippen LogP contribution in [0.25, 0.3) is 0 Å². The second-order valence-electron chi connectivity index (χ2n) is 6.14. The third-order valence-corrected chi connectivity index (χ3v) is 3.80. The van der Waals surface area contributed by atoms with Gasteiger partial charge in [0.15, 0.2) is 0 Å². The van der Waals surface area contributed by atoms with Crippen molar-refractivity contribution in [1.29, 1.82) is 0 Å². The first-order valence-electron chi connectivity index (χ1n) is 8.28. The Morgan fingerprint density at radius 2 is 2.04 bits per heavy atom.